The minimum absolute atomic E-state index is 0.171. The molecule has 0 rings (SSSR count). The Kier molecular flexibility index (Phi) is 2.46. The summed E-state index contributed by atoms with van der Waals surface area (Å²) in [7, 11) is 0. The zero-order valence-electron chi connectivity index (χ0n) is 2.99. The molecule has 0 unspecified atom stereocenters. The van der Waals surface area contributed by atoms with Gasteiger partial charge in [0.2, 0.25) is 0 Å². The highest BCUT2D eigenvalue weighted by Crippen LogP contribution is 1.76. The number of ketones is 1. The lowest BCUT2D eigenvalue weighted by Gasteiger charge is -1.69. The van der Waals surface area contributed by atoms with Crippen molar-refractivity contribution < 1.29 is 4.79 Å². The molecule has 2 heteroatoms. The monoisotopic (exact) mass is 138 g/mol. The molecule has 0 N–H and O–H groups in total. The first-order valence-electron chi connectivity index (χ1n) is 1.32. The van der Waals surface area contributed by atoms with Gasteiger partial charge in [0, 0.05) is 0 Å². The molecule has 0 amide bonds. The van der Waals surface area contributed by atoms with Crippen molar-refractivity contribution in [2.24, 2.45) is 0 Å². The van der Waals surface area contributed by atoms with Crippen molar-refractivity contribution in [3.05, 3.63) is 0 Å². The molecule has 0 radical (unpaired) electrons. The molecule has 30 valence electrons. The molecule has 0 heterocycles. The highest BCUT2D eigenvalue weighted by molar-refractivity contribution is 9.09. The standard InChI is InChI=1S/C3H5BrO/c1-3(5)2-4/h2H2,1H3/i2+1,3+1. The van der Waals surface area contributed by atoms with E-state index < -0.39 is 0 Å². The number of carbonyl (C=O) groups excluding carboxylic acids is 1. The van der Waals surface area contributed by atoms with Crippen LogP contribution in [0.3, 0.4) is 0 Å². The van der Waals surface area contributed by atoms with Gasteiger partial charge in [0.05, 0.1) is 5.33 Å². The summed E-state index contributed by atoms with van der Waals surface area (Å²) in [5, 5.41) is 0.479. The largest absolute Gasteiger partial charge is 0.299 e. The number of rotatable bonds is 1. The second-order valence-corrected chi connectivity index (χ2v) is 1.40. The van der Waals surface area contributed by atoms with Crippen molar-refractivity contribution >= 4 is 21.7 Å². The van der Waals surface area contributed by atoms with Crippen LogP contribution in [0.1, 0.15) is 6.92 Å². The smallest absolute Gasteiger partial charge is 0.140 e. The van der Waals surface area contributed by atoms with E-state index in [1.807, 2.05) is 0 Å². The predicted molar refractivity (Wildman–Crippen MR) is 24.5 cm³/mol. The lowest BCUT2D eigenvalue weighted by molar-refractivity contribution is -0.114. The Labute approximate surface area is 39.5 Å². The molecule has 0 aromatic carbocycles. The van der Waals surface area contributed by atoms with E-state index in [0.717, 1.165) is 0 Å². The van der Waals surface area contributed by atoms with Gasteiger partial charge in [-0.2, -0.15) is 0 Å². The Morgan fingerprint density at radius 1 is 2.00 bits per heavy atom. The van der Waals surface area contributed by atoms with Crippen molar-refractivity contribution in [2.45, 2.75) is 6.92 Å². The molecule has 0 aromatic heterocycles. The highest BCUT2D eigenvalue weighted by atomic mass is 79.9. The Bertz CT molecular complexity index is 42.2. The molecule has 0 aromatic rings. The molecule has 0 atom stereocenters. The van der Waals surface area contributed by atoms with Gasteiger partial charge in [-0.05, 0) is 6.92 Å². The topological polar surface area (TPSA) is 17.1 Å². The van der Waals surface area contributed by atoms with E-state index >= 15 is 0 Å². The fourth-order valence-electron chi connectivity index (χ4n) is 0. The number of Topliss-reactive ketones (excluding diaryl/α,β-unsaturated/α-hetero) is 1. The van der Waals surface area contributed by atoms with Crippen molar-refractivity contribution in [3.63, 3.8) is 0 Å². The van der Waals surface area contributed by atoms with Crippen LogP contribution in [-0.2, 0) is 4.79 Å². The Morgan fingerprint density at radius 3 is 2.20 bits per heavy atom. The summed E-state index contributed by atoms with van der Waals surface area (Å²) in [5.41, 5.74) is 0. The van der Waals surface area contributed by atoms with Gasteiger partial charge in [-0.15, -0.1) is 0 Å². The van der Waals surface area contributed by atoms with E-state index in [2.05, 4.69) is 15.9 Å². The minimum Gasteiger partial charge on any atom is -0.299 e. The third kappa shape index (κ3) is 4.15. The molecule has 0 saturated heterocycles. The molecular weight excluding hydrogens is 134 g/mol. The summed E-state index contributed by atoms with van der Waals surface area (Å²) in [6.07, 6.45) is 0. The van der Waals surface area contributed by atoms with Crippen molar-refractivity contribution in [2.75, 3.05) is 5.33 Å². The van der Waals surface area contributed by atoms with E-state index in [4.69, 9.17) is 0 Å². The number of halogens is 1. The van der Waals surface area contributed by atoms with Gasteiger partial charge in [0.25, 0.3) is 0 Å². The fourth-order valence-corrected chi connectivity index (χ4v) is 0. The lowest BCUT2D eigenvalue weighted by Crippen LogP contribution is -1.85. The van der Waals surface area contributed by atoms with E-state index in [1.165, 1.54) is 6.92 Å². The van der Waals surface area contributed by atoms with Crippen LogP contribution in [0.5, 0.6) is 0 Å². The summed E-state index contributed by atoms with van der Waals surface area (Å²) >= 11 is 2.96. The van der Waals surface area contributed by atoms with Crippen LogP contribution in [0, 0.1) is 0 Å². The van der Waals surface area contributed by atoms with Gasteiger partial charge in [0.15, 0.2) is 0 Å². The van der Waals surface area contributed by atoms with Crippen LogP contribution in [0.4, 0.5) is 0 Å². The molecule has 0 aliphatic heterocycles. The molecule has 0 spiro atoms. The molecule has 1 nitrogen and oxygen atoms in total. The van der Waals surface area contributed by atoms with Crippen LogP contribution < -0.4 is 0 Å². The number of carbonyl (C=O) groups is 1. The van der Waals surface area contributed by atoms with E-state index in [0.29, 0.717) is 5.33 Å². The van der Waals surface area contributed by atoms with Crippen LogP contribution in [0.25, 0.3) is 0 Å². The van der Waals surface area contributed by atoms with Crippen LogP contribution in [0.15, 0.2) is 0 Å². The Balaban J connectivity index is 2.85. The zero-order chi connectivity index (χ0) is 4.28. The van der Waals surface area contributed by atoms with E-state index in [1.54, 1.807) is 0 Å². The predicted octanol–water partition coefficient (Wildman–Crippen LogP) is 0.970. The number of hydrogen-bond acceptors (Lipinski definition) is 1. The molecule has 0 saturated carbocycles. The summed E-state index contributed by atoms with van der Waals surface area (Å²) in [4.78, 5) is 9.77. The second kappa shape index (κ2) is 2.39. The van der Waals surface area contributed by atoms with Gasteiger partial charge < -0.3 is 0 Å². The van der Waals surface area contributed by atoms with E-state index in [-0.39, 0.29) is 5.78 Å². The highest BCUT2D eigenvalue weighted by Gasteiger charge is 1.78. The molecule has 0 fully saturated rings. The first kappa shape index (κ1) is 5.15. The third-order valence-electron chi connectivity index (χ3n) is 0.188. The summed E-state index contributed by atoms with van der Waals surface area (Å²) in [5.74, 6) is 0.171. The van der Waals surface area contributed by atoms with E-state index in [9.17, 15) is 4.79 Å². The average Bonchev–Trinajstić information content (AvgIpc) is 1.38. The van der Waals surface area contributed by atoms with Crippen molar-refractivity contribution in [3.8, 4) is 0 Å². The van der Waals surface area contributed by atoms with Crippen LogP contribution >= 0.6 is 15.9 Å². The summed E-state index contributed by atoms with van der Waals surface area (Å²) < 4.78 is 0. The number of alkyl halides is 1. The number of hydrogen-bond donors (Lipinski definition) is 0. The van der Waals surface area contributed by atoms with Crippen LogP contribution in [-0.4, -0.2) is 11.1 Å². The third-order valence-corrected chi connectivity index (χ3v) is 0.978. The van der Waals surface area contributed by atoms with Gasteiger partial charge in [-0.3, -0.25) is 4.79 Å². The first-order chi connectivity index (χ1) is 2.27. The van der Waals surface area contributed by atoms with Gasteiger partial charge >= 0.3 is 0 Å². The van der Waals surface area contributed by atoms with Crippen molar-refractivity contribution in [1.82, 2.24) is 0 Å². The van der Waals surface area contributed by atoms with Crippen molar-refractivity contribution in [1.29, 1.82) is 0 Å². The normalized spacial score (nSPS) is 7.60. The molecule has 0 aliphatic rings. The fraction of sp³-hybridized carbons (Fsp3) is 0.667. The maximum absolute atomic E-state index is 9.77. The summed E-state index contributed by atoms with van der Waals surface area (Å²) in [6.45, 7) is 1.54. The Hall–Kier alpha value is 0.150. The van der Waals surface area contributed by atoms with Gasteiger partial charge in [-0.1, -0.05) is 15.9 Å². The first-order valence-corrected chi connectivity index (χ1v) is 2.45. The maximum atomic E-state index is 9.77. The molecule has 0 bridgehead atoms. The van der Waals surface area contributed by atoms with Crippen LogP contribution in [0.2, 0.25) is 0 Å². The lowest BCUT2D eigenvalue weighted by atomic mass is 11.2. The Morgan fingerprint density at radius 2 is 2.20 bits per heavy atom. The minimum atomic E-state index is 0.171. The van der Waals surface area contributed by atoms with Gasteiger partial charge in [0.1, 0.15) is 5.78 Å². The zero-order valence-corrected chi connectivity index (χ0v) is 4.58. The maximum Gasteiger partial charge on any atom is 0.140 e. The average molecular weight is 139 g/mol. The molecule has 0 aliphatic carbocycles. The quantitative estimate of drug-likeness (QED) is 0.390. The molecule has 5 heavy (non-hydrogen) atoms. The second-order valence-electron chi connectivity index (χ2n) is 0.836. The SMILES string of the molecule is C[13C](=O)[13CH2]Br. The molecular formula is C3H5BrO. The summed E-state index contributed by atoms with van der Waals surface area (Å²) in [6, 6.07) is 0. The van der Waals surface area contributed by atoms with Gasteiger partial charge in [-0.25, -0.2) is 0 Å².